The van der Waals surface area contributed by atoms with E-state index in [0.29, 0.717) is 93.3 Å². The minimum Gasteiger partial charge on any atom is -0.412 e. The highest BCUT2D eigenvalue weighted by molar-refractivity contribution is 9.08. The van der Waals surface area contributed by atoms with Crippen molar-refractivity contribution in [3.8, 4) is 33.4 Å². The van der Waals surface area contributed by atoms with Crippen LogP contribution in [-0.4, -0.2) is 71.9 Å². The number of aliphatic hydroxyl groups excluding tert-OH is 1. The first-order valence-electron chi connectivity index (χ1n) is 34.0. The molecular formula is C87H85BrF4N14O6. The fourth-order valence-electron chi connectivity index (χ4n) is 12.5. The molecule has 0 aliphatic carbocycles. The minimum atomic E-state index is -1.00. The number of aliphatic hydroxyl groups is 1. The highest BCUT2D eigenvalue weighted by Crippen LogP contribution is 2.43. The van der Waals surface area contributed by atoms with Crippen molar-refractivity contribution in [1.82, 2.24) is 23.9 Å². The van der Waals surface area contributed by atoms with Gasteiger partial charge in [-0.15, -0.1) is 0 Å². The Labute approximate surface area is 661 Å². The molecule has 2 aliphatic rings. The molecule has 4 amide bonds. The summed E-state index contributed by atoms with van der Waals surface area (Å²) < 4.78 is 61.6. The Balaban J connectivity index is 0.000000389. The summed E-state index contributed by atoms with van der Waals surface area (Å²) in [5.41, 5.74) is 33.8. The summed E-state index contributed by atoms with van der Waals surface area (Å²) in [7, 11) is -1.00. The first-order valence-corrected chi connectivity index (χ1v) is 34.4. The lowest BCUT2D eigenvalue weighted by molar-refractivity contribution is 0.0627. The topological polar surface area (TPSA) is 252 Å². The molecule has 25 heteroatoms. The molecule has 0 atom stereocenters. The number of carbonyl (C=O) groups is 4. The number of imide groups is 2. The smallest absolute Gasteiger partial charge is 0.261 e. The van der Waals surface area contributed by atoms with Gasteiger partial charge in [0.05, 0.1) is 83.3 Å². The summed E-state index contributed by atoms with van der Waals surface area (Å²) in [6, 6.07) is 50.7. The SMILES string of the molecule is C.C.CCO.N=N.O.O=C1c2ccccc2C(=O)N1Cc1ccc(CBr)cc1.[2H]CF.[C-]#[N+]c1ccc(-c2c(C)[nH]c(C)c2[N+]#[C-])cc1F.[C-]#[N+]c1ccc(-c2c([N+]#[C-])c(C)n(Cc3ccc(CN)cc3)c2C)cc1F.[C-]#[N+]c1ccc(-c2c([N+]#[C-])c(C)n(Cc3ccc(CN4C(=O)c5ccccc5C4=O)cc3)c2C)cc1F.[HH]. The number of benzene rings is 8. The molecule has 0 spiro atoms. The lowest BCUT2D eigenvalue weighted by atomic mass is 10.0. The largest absolute Gasteiger partial charge is 0.412 e. The molecule has 11 aromatic rings. The fraction of sp³-hybridized carbons (Fsp3) is 0.195. The molecule has 8 aromatic carbocycles. The molecule has 8 N–H and O–H groups in total. The van der Waals surface area contributed by atoms with E-state index in [4.69, 9.17) is 62.7 Å². The van der Waals surface area contributed by atoms with E-state index in [1.54, 1.807) is 73.7 Å². The number of halogens is 5. The molecule has 20 nitrogen and oxygen atoms in total. The highest BCUT2D eigenvalue weighted by atomic mass is 79.9. The molecule has 13 rings (SSSR count). The van der Waals surface area contributed by atoms with Crippen LogP contribution in [0.15, 0.2) is 176 Å². The van der Waals surface area contributed by atoms with Gasteiger partial charge in [-0.3, -0.25) is 33.4 Å². The second-order valence-corrected chi connectivity index (χ2v) is 24.9. The maximum absolute atomic E-state index is 14.3. The Bertz CT molecular complexity index is 5460. The zero-order valence-corrected chi connectivity index (χ0v) is 62.5. The highest BCUT2D eigenvalue weighted by Gasteiger charge is 2.36. The fourth-order valence-corrected chi connectivity index (χ4v) is 12.8. The van der Waals surface area contributed by atoms with Gasteiger partial charge in [-0.1, -0.05) is 164 Å². The number of fused-ring (bicyclic) bond motifs is 2. The maximum atomic E-state index is 14.3. The molecule has 0 bridgehead atoms. The van der Waals surface area contributed by atoms with E-state index in [2.05, 4.69) is 54.6 Å². The van der Waals surface area contributed by atoms with Gasteiger partial charge in [-0.05, 0) is 141 Å². The molecule has 0 saturated carbocycles. The van der Waals surface area contributed by atoms with Crippen LogP contribution < -0.4 is 5.73 Å². The molecule has 2 aliphatic heterocycles. The van der Waals surface area contributed by atoms with Crippen molar-refractivity contribution in [2.45, 2.75) is 101 Å². The van der Waals surface area contributed by atoms with Crippen molar-refractivity contribution in [1.29, 1.82) is 11.1 Å². The lowest BCUT2D eigenvalue weighted by Gasteiger charge is -2.15. The quantitative estimate of drug-likeness (QED) is 0.0247. The van der Waals surface area contributed by atoms with Gasteiger partial charge < -0.3 is 30.4 Å². The molecule has 3 aromatic heterocycles. The second-order valence-electron chi connectivity index (χ2n) is 24.3. The van der Waals surface area contributed by atoms with Crippen LogP contribution >= 0.6 is 15.9 Å². The molecule has 574 valence electrons. The number of rotatable bonds is 13. The van der Waals surface area contributed by atoms with Crippen LogP contribution in [0.4, 0.5) is 51.7 Å². The summed E-state index contributed by atoms with van der Waals surface area (Å²) in [6.07, 6.45) is 0. The number of carbonyl (C=O) groups excluding carboxylic acids is 4. The van der Waals surface area contributed by atoms with Crippen LogP contribution in [0.1, 0.15) is 134 Å². The zero-order valence-electron chi connectivity index (χ0n) is 61.9. The minimum absolute atomic E-state index is 0. The Kier molecular flexibility index (Phi) is 33.7. The molecule has 0 radical (unpaired) electrons. The van der Waals surface area contributed by atoms with Crippen molar-refractivity contribution in [2.75, 3.05) is 13.8 Å². The molecule has 5 heterocycles. The molecule has 112 heavy (non-hydrogen) atoms. The number of hydrogen-bond donors (Lipinski definition) is 5. The van der Waals surface area contributed by atoms with E-state index in [9.17, 15) is 36.7 Å². The van der Waals surface area contributed by atoms with Gasteiger partial charge in [-0.25, -0.2) is 53.3 Å². The van der Waals surface area contributed by atoms with Gasteiger partial charge in [0, 0.05) is 83.9 Å². The van der Waals surface area contributed by atoms with Crippen LogP contribution in [0.5, 0.6) is 0 Å². The first-order chi connectivity index (χ1) is 52.9. The van der Waals surface area contributed by atoms with Crippen LogP contribution in [0, 0.1) is 109 Å². The van der Waals surface area contributed by atoms with Crippen molar-refractivity contribution in [3.63, 3.8) is 0 Å². The lowest BCUT2D eigenvalue weighted by Crippen LogP contribution is -2.29. The number of nitrogens with two attached hydrogens (primary N) is 1. The molecule has 0 fully saturated rings. The zero-order chi connectivity index (χ0) is 80.6. The number of aromatic nitrogens is 3. The number of alkyl halides is 2. The van der Waals surface area contributed by atoms with E-state index in [0.717, 1.165) is 78.4 Å². The predicted octanol–water partition coefficient (Wildman–Crippen LogP) is 22.2. The van der Waals surface area contributed by atoms with Crippen LogP contribution in [-0.2, 0) is 38.1 Å². The predicted molar refractivity (Wildman–Crippen MR) is 436 cm³/mol. The number of aryl methyl sites for hydroxylation is 2. The number of amides is 4. The monoisotopic (exact) mass is 1580 g/mol. The standard InChI is InChI=1S/C30H21FN4O2.C22H19FN4.C16H12BrNO2.C14H10FN3.C2H6O.CH3F.2CH4.H2N2.H2O.H2/c1-18-27(22-13-14-26(32-3)25(31)15-22)28(33-4)19(2)34(18)16-20-9-11-21(12-10-20)17-35-29(36)23-7-5-6-8-24(23)30(35)37;1-14-21(18-9-10-20(25-3)19(23)11-18)22(26-4)15(2)27(14)13-17-7-5-16(12-24)6-8-17;17-9-11-5-7-12(8-6-11)10-18-15(19)13-3-1-2-4-14(13)16(18)20;1-8-13(14(17-4)9(2)18-8)10-5-6-12(16-3)11(15)7-10;1-2-3;1-2;;;1-2;;/h5-15H,16-17H2,1-2H3;5-11H,12-13,24H2,1-2H3;1-8H,9-10H2;5-7,18H,1-2H3;3H,2H2,1H3;1H3;2*1H4;1-2H;1H2;1H/i;;;;;1D;;;;;. The Morgan fingerprint density at radius 1 is 0.455 bits per heavy atom. The average Bonchev–Trinajstić information content (AvgIpc) is 1.64. The number of nitrogens with one attached hydrogen (secondary N) is 3. The van der Waals surface area contributed by atoms with E-state index in [1.165, 1.54) is 46.2 Å². The van der Waals surface area contributed by atoms with Crippen LogP contribution in [0.3, 0.4) is 0 Å². The summed E-state index contributed by atoms with van der Waals surface area (Å²) in [5, 5.41) is 8.36. The van der Waals surface area contributed by atoms with E-state index >= 15 is 0 Å². The Morgan fingerprint density at radius 2 is 0.732 bits per heavy atom. The summed E-state index contributed by atoms with van der Waals surface area (Å²) >= 11 is 3.39. The van der Waals surface area contributed by atoms with Crippen LogP contribution in [0.25, 0.3) is 62.5 Å². The van der Waals surface area contributed by atoms with Crippen molar-refractivity contribution in [2.24, 2.45) is 5.73 Å². The van der Waals surface area contributed by atoms with Crippen molar-refractivity contribution >= 4 is 73.7 Å². The number of nitrogens with zero attached hydrogens (tertiary/aromatic N) is 10. The van der Waals surface area contributed by atoms with Crippen molar-refractivity contribution in [3.05, 3.63) is 352 Å². The molecule has 0 saturated heterocycles. The summed E-state index contributed by atoms with van der Waals surface area (Å²) in [4.78, 5) is 75.8. The third-order valence-corrected chi connectivity index (χ3v) is 18.5. The summed E-state index contributed by atoms with van der Waals surface area (Å²) in [5.74, 6) is -2.74. The first kappa shape index (κ1) is 89.1. The summed E-state index contributed by atoms with van der Waals surface area (Å²) in [6.45, 7) is 58.7. The number of H-pyrrole nitrogens is 1. The van der Waals surface area contributed by atoms with Gasteiger partial charge in [-0.2, -0.15) is 0 Å². The van der Waals surface area contributed by atoms with Crippen molar-refractivity contribution < 1.29 is 50.1 Å². The van der Waals surface area contributed by atoms with Gasteiger partial charge >= 0.3 is 0 Å². The normalized spacial score (nSPS) is 11.0. The number of hydrogen-bond acceptors (Lipinski definition) is 8. The van der Waals surface area contributed by atoms with Gasteiger partial charge in [0.2, 0.25) is 34.1 Å². The Morgan fingerprint density at radius 3 is 1.00 bits per heavy atom. The second kappa shape index (κ2) is 42.3. The third kappa shape index (κ3) is 20.1. The molecule has 0 unspecified atom stereocenters. The maximum Gasteiger partial charge on any atom is 0.261 e. The van der Waals surface area contributed by atoms with E-state index in [-0.39, 0.29) is 75.6 Å². The Hall–Kier alpha value is -13.5. The number of aromatic amines is 1. The van der Waals surface area contributed by atoms with Gasteiger partial charge in [0.15, 0.2) is 0 Å². The van der Waals surface area contributed by atoms with Gasteiger partial charge in [0.25, 0.3) is 23.6 Å². The average molecular weight is 1580 g/mol. The van der Waals surface area contributed by atoms with E-state index in [1.807, 2.05) is 119 Å². The third-order valence-electron chi connectivity index (χ3n) is 17.8. The molecular weight excluding hydrogens is 1490 g/mol. The van der Waals surface area contributed by atoms with E-state index < -0.39 is 24.6 Å². The van der Waals surface area contributed by atoms with Crippen LogP contribution in [0.2, 0.25) is 0 Å². The van der Waals surface area contributed by atoms with Gasteiger partial charge in [0.1, 0.15) is 17.5 Å².